The van der Waals surface area contributed by atoms with Gasteiger partial charge in [0.2, 0.25) is 0 Å². The molecule has 0 saturated carbocycles. The molecule has 0 unspecified atom stereocenters. The number of nitro groups is 2. The molecule has 0 N–H and O–H groups in total. The summed E-state index contributed by atoms with van der Waals surface area (Å²) in [6, 6.07) is 10.8. The van der Waals surface area contributed by atoms with Gasteiger partial charge in [-0.2, -0.15) is 0 Å². The van der Waals surface area contributed by atoms with E-state index in [1.165, 1.54) is 18.3 Å². The summed E-state index contributed by atoms with van der Waals surface area (Å²) in [6.45, 7) is 0. The van der Waals surface area contributed by atoms with E-state index in [1.54, 1.807) is 12.1 Å². The fourth-order valence-corrected chi connectivity index (χ4v) is 1.89. The Bertz CT molecular complexity index is 770. The lowest BCUT2D eigenvalue weighted by molar-refractivity contribution is -0.394. The van der Waals surface area contributed by atoms with Crippen LogP contribution >= 0.6 is 0 Å². The van der Waals surface area contributed by atoms with Crippen LogP contribution in [0, 0.1) is 20.2 Å². The molecule has 8 heteroatoms. The molecule has 0 aromatic heterocycles. The van der Waals surface area contributed by atoms with Crippen LogP contribution in [0.3, 0.4) is 0 Å². The third-order valence-corrected chi connectivity index (χ3v) is 3.14. The second-order valence-corrected chi connectivity index (χ2v) is 4.93. The Morgan fingerprint density at radius 2 is 1.65 bits per heavy atom. The van der Waals surface area contributed by atoms with Gasteiger partial charge in [0.1, 0.15) is 0 Å². The fourth-order valence-electron chi connectivity index (χ4n) is 1.89. The Labute approximate surface area is 132 Å². The first kappa shape index (κ1) is 16.1. The van der Waals surface area contributed by atoms with Gasteiger partial charge in [-0.25, -0.2) is 0 Å². The minimum atomic E-state index is -0.673. The van der Waals surface area contributed by atoms with E-state index >= 15 is 0 Å². The Morgan fingerprint density at radius 3 is 2.17 bits per heavy atom. The summed E-state index contributed by atoms with van der Waals surface area (Å²) in [4.78, 5) is 26.5. The Balaban J connectivity index is 2.31. The van der Waals surface area contributed by atoms with E-state index in [9.17, 15) is 20.2 Å². The van der Waals surface area contributed by atoms with Gasteiger partial charge in [-0.15, -0.1) is 0 Å². The quantitative estimate of drug-likeness (QED) is 0.478. The standard InChI is InChI=1S/C15H14N4O4/c1-17(2)13-7-4-12(5-8-13)16-10-11-3-6-14(18(20)21)9-15(11)19(22)23/h3-10H,1-2H3. The number of rotatable bonds is 5. The third-order valence-electron chi connectivity index (χ3n) is 3.14. The molecule has 8 nitrogen and oxygen atoms in total. The molecule has 0 fully saturated rings. The van der Waals surface area contributed by atoms with Gasteiger partial charge in [-0.1, -0.05) is 0 Å². The molecule has 0 aliphatic rings. The average molecular weight is 314 g/mol. The molecule has 0 saturated heterocycles. The predicted molar refractivity (Wildman–Crippen MR) is 87.8 cm³/mol. The molecule has 118 valence electrons. The maximum absolute atomic E-state index is 11.0. The van der Waals surface area contributed by atoms with Crippen LogP contribution in [0.2, 0.25) is 0 Å². The van der Waals surface area contributed by atoms with Crippen LogP contribution in [0.1, 0.15) is 5.56 Å². The number of nitro benzene ring substituents is 2. The molecule has 2 aromatic rings. The van der Waals surface area contributed by atoms with Crippen LogP contribution in [0.4, 0.5) is 22.7 Å². The normalized spacial score (nSPS) is 10.7. The minimum absolute atomic E-state index is 0.206. The Hall–Kier alpha value is -3.29. The smallest absolute Gasteiger partial charge is 0.285 e. The largest absolute Gasteiger partial charge is 0.378 e. The van der Waals surface area contributed by atoms with Crippen molar-refractivity contribution in [3.8, 4) is 0 Å². The molecule has 0 heterocycles. The number of nitrogens with zero attached hydrogens (tertiary/aromatic N) is 4. The summed E-state index contributed by atoms with van der Waals surface area (Å²) in [5, 5.41) is 21.7. The number of aliphatic imine (C=N–C) groups is 1. The second-order valence-electron chi connectivity index (χ2n) is 4.93. The summed E-state index contributed by atoms with van der Waals surface area (Å²) in [5.41, 5.74) is 1.16. The highest BCUT2D eigenvalue weighted by Crippen LogP contribution is 2.24. The zero-order valence-electron chi connectivity index (χ0n) is 12.5. The van der Waals surface area contributed by atoms with Crippen LogP contribution < -0.4 is 4.90 Å². The minimum Gasteiger partial charge on any atom is -0.378 e. The van der Waals surface area contributed by atoms with Crippen molar-refractivity contribution in [2.45, 2.75) is 0 Å². The van der Waals surface area contributed by atoms with Gasteiger partial charge >= 0.3 is 0 Å². The first-order valence-corrected chi connectivity index (χ1v) is 6.63. The van der Waals surface area contributed by atoms with Crippen LogP contribution in [0.25, 0.3) is 0 Å². The van der Waals surface area contributed by atoms with Crippen molar-refractivity contribution in [2.75, 3.05) is 19.0 Å². The zero-order chi connectivity index (χ0) is 17.0. The molecule has 23 heavy (non-hydrogen) atoms. The summed E-state index contributed by atoms with van der Waals surface area (Å²) in [5.74, 6) is 0. The van der Waals surface area contributed by atoms with E-state index in [2.05, 4.69) is 4.99 Å². The fraction of sp³-hybridized carbons (Fsp3) is 0.133. The van der Waals surface area contributed by atoms with Crippen molar-refractivity contribution in [2.24, 2.45) is 4.99 Å². The molecule has 0 spiro atoms. The van der Waals surface area contributed by atoms with Gasteiger partial charge in [0.05, 0.1) is 27.2 Å². The molecular formula is C15H14N4O4. The van der Waals surface area contributed by atoms with Gasteiger partial charge in [0, 0.05) is 32.1 Å². The first-order valence-electron chi connectivity index (χ1n) is 6.63. The maximum atomic E-state index is 11.0. The van der Waals surface area contributed by atoms with E-state index in [4.69, 9.17) is 0 Å². The molecule has 0 bridgehead atoms. The Kier molecular flexibility index (Phi) is 4.65. The van der Waals surface area contributed by atoms with Crippen molar-refractivity contribution in [3.05, 3.63) is 68.3 Å². The van der Waals surface area contributed by atoms with Gasteiger partial charge in [-0.3, -0.25) is 25.2 Å². The van der Waals surface area contributed by atoms with Gasteiger partial charge in [0.15, 0.2) is 0 Å². The molecule has 0 amide bonds. The highest BCUT2D eigenvalue weighted by Gasteiger charge is 2.18. The SMILES string of the molecule is CN(C)c1ccc(N=Cc2ccc([N+](=O)[O-])cc2[N+](=O)[O-])cc1. The summed E-state index contributed by atoms with van der Waals surface area (Å²) in [6.07, 6.45) is 1.33. The Morgan fingerprint density at radius 1 is 1.00 bits per heavy atom. The lowest BCUT2D eigenvalue weighted by Crippen LogP contribution is -2.07. The molecule has 0 radical (unpaired) electrons. The van der Waals surface area contributed by atoms with Crippen molar-refractivity contribution in [3.63, 3.8) is 0 Å². The van der Waals surface area contributed by atoms with E-state index in [0.29, 0.717) is 5.69 Å². The predicted octanol–water partition coefficient (Wildman–Crippen LogP) is 3.32. The van der Waals surface area contributed by atoms with Crippen LogP contribution in [-0.4, -0.2) is 30.2 Å². The number of anilines is 1. The third kappa shape index (κ3) is 3.88. The number of non-ortho nitro benzene ring substituents is 1. The molecule has 0 aliphatic carbocycles. The topological polar surface area (TPSA) is 102 Å². The second kappa shape index (κ2) is 6.65. The van der Waals surface area contributed by atoms with Gasteiger partial charge < -0.3 is 4.90 Å². The maximum Gasteiger partial charge on any atom is 0.285 e. The molecule has 2 rings (SSSR count). The molecule has 0 aliphatic heterocycles. The monoisotopic (exact) mass is 314 g/mol. The van der Waals surface area contributed by atoms with E-state index in [-0.39, 0.29) is 16.9 Å². The first-order chi connectivity index (χ1) is 10.9. The number of benzene rings is 2. The lowest BCUT2D eigenvalue weighted by Gasteiger charge is -2.11. The zero-order valence-corrected chi connectivity index (χ0v) is 12.5. The summed E-state index contributed by atoms with van der Waals surface area (Å²) < 4.78 is 0. The van der Waals surface area contributed by atoms with E-state index in [1.807, 2.05) is 31.1 Å². The molecule has 0 atom stereocenters. The molecule has 2 aromatic carbocycles. The average Bonchev–Trinajstić information content (AvgIpc) is 2.52. The van der Waals surface area contributed by atoms with Gasteiger partial charge in [-0.05, 0) is 30.3 Å². The van der Waals surface area contributed by atoms with Crippen LogP contribution in [-0.2, 0) is 0 Å². The van der Waals surface area contributed by atoms with Gasteiger partial charge in [0.25, 0.3) is 11.4 Å². The lowest BCUT2D eigenvalue weighted by atomic mass is 10.1. The van der Waals surface area contributed by atoms with E-state index < -0.39 is 9.85 Å². The molecular weight excluding hydrogens is 300 g/mol. The highest BCUT2D eigenvalue weighted by molar-refractivity contribution is 5.87. The number of hydrogen-bond acceptors (Lipinski definition) is 6. The summed E-state index contributed by atoms with van der Waals surface area (Å²) in [7, 11) is 3.83. The van der Waals surface area contributed by atoms with E-state index in [0.717, 1.165) is 11.8 Å². The van der Waals surface area contributed by atoms with Crippen molar-refractivity contribution in [1.29, 1.82) is 0 Å². The van der Waals surface area contributed by atoms with Crippen LogP contribution in [0.5, 0.6) is 0 Å². The van der Waals surface area contributed by atoms with Crippen molar-refractivity contribution < 1.29 is 9.85 Å². The summed E-state index contributed by atoms with van der Waals surface area (Å²) >= 11 is 0. The van der Waals surface area contributed by atoms with Crippen LogP contribution in [0.15, 0.2) is 47.5 Å². The van der Waals surface area contributed by atoms with Crippen molar-refractivity contribution >= 4 is 29.0 Å². The van der Waals surface area contributed by atoms with Crippen molar-refractivity contribution in [1.82, 2.24) is 0 Å². The number of hydrogen-bond donors (Lipinski definition) is 0. The highest BCUT2D eigenvalue weighted by atomic mass is 16.6.